The molecule has 0 bridgehead atoms. The van der Waals surface area contributed by atoms with Gasteiger partial charge in [-0.2, -0.15) is 0 Å². The molecule has 3 rings (SSSR count). The maximum Gasteiger partial charge on any atom is 0.413 e. The van der Waals surface area contributed by atoms with E-state index in [0.717, 1.165) is 26.2 Å². The van der Waals surface area contributed by atoms with E-state index in [4.69, 9.17) is 18.9 Å². The van der Waals surface area contributed by atoms with Gasteiger partial charge in [0.25, 0.3) is 0 Å². The summed E-state index contributed by atoms with van der Waals surface area (Å²) < 4.78 is 20.9. The molecule has 176 valence electrons. The van der Waals surface area contributed by atoms with Gasteiger partial charge in [-0.25, -0.2) is 4.79 Å². The van der Waals surface area contributed by atoms with Crippen LogP contribution in [0, 0.1) is 0 Å². The van der Waals surface area contributed by atoms with Gasteiger partial charge in [0, 0.05) is 52.3 Å². The highest BCUT2D eigenvalue weighted by Crippen LogP contribution is 2.33. The van der Waals surface area contributed by atoms with Crippen molar-refractivity contribution in [1.29, 1.82) is 0 Å². The third-order valence-corrected chi connectivity index (χ3v) is 5.70. The number of ether oxygens (including phenoxy) is 4. The SMILES string of the molecule is CC(OC(=O)CCN1CCN(C)CC1)OC(=O)N(C)C(C)C(=O)c1ccc2c(c1)OCO2. The molecular formula is C22H31N3O7. The van der Waals surface area contributed by atoms with Crippen LogP contribution in [0.5, 0.6) is 11.5 Å². The predicted octanol–water partition coefficient (Wildman–Crippen LogP) is 1.58. The number of likely N-dealkylation sites (N-methyl/N-ethyl adjacent to an activating group) is 2. The monoisotopic (exact) mass is 449 g/mol. The molecule has 2 atom stereocenters. The van der Waals surface area contributed by atoms with Crippen LogP contribution in [0.3, 0.4) is 0 Å². The predicted molar refractivity (Wildman–Crippen MR) is 115 cm³/mol. The highest BCUT2D eigenvalue weighted by Gasteiger charge is 2.28. The highest BCUT2D eigenvalue weighted by molar-refractivity contribution is 6.01. The van der Waals surface area contributed by atoms with E-state index in [1.165, 1.54) is 18.9 Å². The molecule has 1 saturated heterocycles. The molecule has 0 N–H and O–H groups in total. The summed E-state index contributed by atoms with van der Waals surface area (Å²) >= 11 is 0. The lowest BCUT2D eigenvalue weighted by atomic mass is 10.0. The van der Waals surface area contributed by atoms with Crippen molar-refractivity contribution in [2.45, 2.75) is 32.6 Å². The summed E-state index contributed by atoms with van der Waals surface area (Å²) in [5, 5.41) is 0. The Morgan fingerprint density at radius 2 is 1.75 bits per heavy atom. The Balaban J connectivity index is 1.43. The van der Waals surface area contributed by atoms with E-state index in [-0.39, 0.29) is 19.0 Å². The van der Waals surface area contributed by atoms with Gasteiger partial charge in [0.1, 0.15) is 0 Å². The number of rotatable bonds is 8. The summed E-state index contributed by atoms with van der Waals surface area (Å²) in [6, 6.07) is 4.08. The number of hydrogen-bond acceptors (Lipinski definition) is 9. The van der Waals surface area contributed by atoms with Gasteiger partial charge in [-0.05, 0) is 32.2 Å². The van der Waals surface area contributed by atoms with Gasteiger partial charge in [0.05, 0.1) is 12.5 Å². The fraction of sp³-hybridized carbons (Fsp3) is 0.591. The van der Waals surface area contributed by atoms with E-state index < -0.39 is 24.4 Å². The molecule has 2 heterocycles. The molecule has 1 amide bonds. The second-order valence-corrected chi connectivity index (χ2v) is 8.06. The van der Waals surface area contributed by atoms with Crippen molar-refractivity contribution in [3.05, 3.63) is 23.8 Å². The van der Waals surface area contributed by atoms with Gasteiger partial charge in [-0.15, -0.1) is 0 Å². The van der Waals surface area contributed by atoms with Crippen molar-refractivity contribution in [3.63, 3.8) is 0 Å². The maximum absolute atomic E-state index is 12.8. The number of Topliss-reactive ketones (excluding diaryl/α,β-unsaturated/α-hetero) is 1. The van der Waals surface area contributed by atoms with Crippen molar-refractivity contribution in [3.8, 4) is 11.5 Å². The highest BCUT2D eigenvalue weighted by atomic mass is 16.7. The standard InChI is InChI=1S/C22H31N3O7/c1-15(21(27)17-5-6-18-19(13-17)30-14-29-18)24(4)22(28)32-16(2)31-20(26)7-8-25-11-9-23(3)10-12-25/h5-6,13,15-16H,7-12,14H2,1-4H3. The molecule has 2 aliphatic heterocycles. The van der Waals surface area contributed by atoms with E-state index in [9.17, 15) is 14.4 Å². The van der Waals surface area contributed by atoms with E-state index in [1.807, 2.05) is 0 Å². The number of carbonyl (C=O) groups is 3. The van der Waals surface area contributed by atoms with E-state index in [2.05, 4.69) is 16.8 Å². The first-order valence-corrected chi connectivity index (χ1v) is 10.7. The topological polar surface area (TPSA) is 97.9 Å². The fourth-order valence-electron chi connectivity index (χ4n) is 3.44. The van der Waals surface area contributed by atoms with Gasteiger partial charge in [0.2, 0.25) is 13.1 Å². The van der Waals surface area contributed by atoms with Crippen LogP contribution in [0.25, 0.3) is 0 Å². The van der Waals surface area contributed by atoms with Gasteiger partial charge in [-0.3, -0.25) is 9.59 Å². The number of ketones is 1. The third-order valence-electron chi connectivity index (χ3n) is 5.70. The number of amides is 1. The first-order chi connectivity index (χ1) is 15.2. The van der Waals surface area contributed by atoms with Crippen molar-refractivity contribution >= 4 is 17.8 Å². The molecule has 1 fully saturated rings. The van der Waals surface area contributed by atoms with E-state index in [0.29, 0.717) is 23.6 Å². The number of benzene rings is 1. The lowest BCUT2D eigenvalue weighted by molar-refractivity contribution is -0.166. The number of esters is 1. The van der Waals surface area contributed by atoms with Crippen molar-refractivity contribution in [2.75, 3.05) is 53.6 Å². The molecule has 1 aromatic carbocycles. The summed E-state index contributed by atoms with van der Waals surface area (Å²) in [6.45, 7) is 7.56. The Morgan fingerprint density at radius 1 is 1.06 bits per heavy atom. The Morgan fingerprint density at radius 3 is 2.47 bits per heavy atom. The lowest BCUT2D eigenvalue weighted by Crippen LogP contribution is -2.45. The zero-order valence-electron chi connectivity index (χ0n) is 19.0. The number of carbonyl (C=O) groups excluding carboxylic acids is 3. The Labute approximate surface area is 187 Å². The Bertz CT molecular complexity index is 839. The molecule has 0 aromatic heterocycles. The van der Waals surface area contributed by atoms with Gasteiger partial charge < -0.3 is 33.6 Å². The molecule has 1 aromatic rings. The first kappa shape index (κ1) is 23.8. The van der Waals surface area contributed by atoms with Crippen molar-refractivity contribution < 1.29 is 33.3 Å². The summed E-state index contributed by atoms with van der Waals surface area (Å²) in [5.74, 6) is 0.353. The molecule has 0 saturated carbocycles. The van der Waals surface area contributed by atoms with Crippen LogP contribution in [0.1, 0.15) is 30.6 Å². The van der Waals surface area contributed by atoms with Crippen LogP contribution in [0.2, 0.25) is 0 Å². The van der Waals surface area contributed by atoms with Crippen LogP contribution < -0.4 is 9.47 Å². The van der Waals surface area contributed by atoms with Gasteiger partial charge in [-0.1, -0.05) is 0 Å². The molecule has 2 unspecified atom stereocenters. The molecule has 10 nitrogen and oxygen atoms in total. The van der Waals surface area contributed by atoms with Crippen LogP contribution >= 0.6 is 0 Å². The van der Waals surface area contributed by atoms with Crippen molar-refractivity contribution in [2.24, 2.45) is 0 Å². The number of piperazine rings is 1. The molecule has 0 aliphatic carbocycles. The summed E-state index contributed by atoms with van der Waals surface area (Å²) in [6.07, 6.45) is -1.59. The zero-order chi connectivity index (χ0) is 23.3. The van der Waals surface area contributed by atoms with Gasteiger partial charge >= 0.3 is 12.1 Å². The minimum absolute atomic E-state index is 0.112. The smallest absolute Gasteiger partial charge is 0.413 e. The van der Waals surface area contributed by atoms with Crippen LogP contribution in [-0.2, 0) is 14.3 Å². The van der Waals surface area contributed by atoms with Crippen molar-refractivity contribution in [1.82, 2.24) is 14.7 Å². The van der Waals surface area contributed by atoms with E-state index in [1.54, 1.807) is 25.1 Å². The van der Waals surface area contributed by atoms with Crippen LogP contribution in [0.4, 0.5) is 4.79 Å². The molecule has 0 spiro atoms. The molecule has 2 aliphatic rings. The maximum atomic E-state index is 12.8. The first-order valence-electron chi connectivity index (χ1n) is 10.7. The van der Waals surface area contributed by atoms with E-state index >= 15 is 0 Å². The summed E-state index contributed by atoms with van der Waals surface area (Å²) in [4.78, 5) is 42.9. The zero-order valence-corrected chi connectivity index (χ0v) is 19.0. The minimum Gasteiger partial charge on any atom is -0.454 e. The number of hydrogen-bond donors (Lipinski definition) is 0. The lowest BCUT2D eigenvalue weighted by Gasteiger charge is -2.32. The molecule has 0 radical (unpaired) electrons. The normalized spacial score (nSPS) is 18.0. The molecule has 10 heteroatoms. The Kier molecular flexibility index (Phi) is 7.92. The van der Waals surface area contributed by atoms with Crippen LogP contribution in [0.15, 0.2) is 18.2 Å². The molecule has 32 heavy (non-hydrogen) atoms. The average Bonchev–Trinajstić information content (AvgIpc) is 3.25. The van der Waals surface area contributed by atoms with Gasteiger partial charge in [0.15, 0.2) is 17.3 Å². The average molecular weight is 450 g/mol. The fourth-order valence-corrected chi connectivity index (χ4v) is 3.44. The van der Waals surface area contributed by atoms with Crippen LogP contribution in [-0.4, -0.2) is 98.5 Å². The number of fused-ring (bicyclic) bond motifs is 1. The Hall–Kier alpha value is -2.85. The second-order valence-electron chi connectivity index (χ2n) is 8.06. The molecular weight excluding hydrogens is 418 g/mol. The number of nitrogens with zero attached hydrogens (tertiary/aromatic N) is 3. The third kappa shape index (κ3) is 6.10. The largest absolute Gasteiger partial charge is 0.454 e. The summed E-state index contributed by atoms with van der Waals surface area (Å²) in [5.41, 5.74) is 0.393. The quantitative estimate of drug-likeness (QED) is 0.333. The summed E-state index contributed by atoms with van der Waals surface area (Å²) in [7, 11) is 3.53. The second kappa shape index (κ2) is 10.6. The minimum atomic E-state index is -1.06.